The van der Waals surface area contributed by atoms with Gasteiger partial charge in [-0.2, -0.15) is 0 Å². The molecule has 0 aliphatic carbocycles. The van der Waals surface area contributed by atoms with Gasteiger partial charge in [0.15, 0.2) is 23.0 Å². The fraction of sp³-hybridized carbons (Fsp3) is 0.100. The molecule has 28 heavy (non-hydrogen) atoms. The van der Waals surface area contributed by atoms with Crippen molar-refractivity contribution >= 4 is 38.6 Å². The smallest absolute Gasteiger partial charge is 0.347 e. The van der Waals surface area contributed by atoms with Crippen LogP contribution in [0.2, 0.25) is 0 Å². The van der Waals surface area contributed by atoms with E-state index < -0.39 is 11.9 Å². The maximum Gasteiger partial charge on any atom is 0.347 e. The average Bonchev–Trinajstić information content (AvgIpc) is 3.40. The zero-order valence-corrected chi connectivity index (χ0v) is 15.6. The molecule has 3 heterocycles. The third kappa shape index (κ3) is 1.98. The molecule has 0 bridgehead atoms. The van der Waals surface area contributed by atoms with Crippen molar-refractivity contribution in [3.63, 3.8) is 0 Å². The van der Waals surface area contributed by atoms with Crippen molar-refractivity contribution in [2.24, 2.45) is 0 Å². The Hall–Kier alpha value is -3.26. The summed E-state index contributed by atoms with van der Waals surface area (Å²) in [5.41, 5.74) is 1.70. The van der Waals surface area contributed by atoms with Crippen LogP contribution in [0.3, 0.4) is 0 Å². The zero-order chi connectivity index (χ0) is 19.0. The Bertz CT molecular complexity index is 1250. The van der Waals surface area contributed by atoms with E-state index >= 15 is 0 Å². The summed E-state index contributed by atoms with van der Waals surface area (Å²) in [6.07, 6.45) is 0. The molecule has 0 fully saturated rings. The predicted molar refractivity (Wildman–Crippen MR) is 99.1 cm³/mol. The second-order valence-corrected chi connectivity index (χ2v) is 7.23. The molecular formula is C20H9BrO7. The average molecular weight is 441 g/mol. The summed E-state index contributed by atoms with van der Waals surface area (Å²) < 4.78 is 27.4. The minimum atomic E-state index is -0.677. The van der Waals surface area contributed by atoms with Crippen molar-refractivity contribution in [3.05, 3.63) is 45.9 Å². The van der Waals surface area contributed by atoms with Gasteiger partial charge in [0, 0.05) is 10.9 Å². The highest BCUT2D eigenvalue weighted by Crippen LogP contribution is 2.49. The summed E-state index contributed by atoms with van der Waals surface area (Å²) in [4.78, 5) is 24.8. The zero-order valence-electron chi connectivity index (χ0n) is 14.0. The Labute approximate surface area is 165 Å². The Morgan fingerprint density at radius 2 is 1.54 bits per heavy atom. The number of ether oxygens (including phenoxy) is 5. The van der Waals surface area contributed by atoms with Crippen LogP contribution in [-0.2, 0) is 4.74 Å². The number of carbonyl (C=O) groups is 2. The SMILES string of the molecule is O=C1OC(=O)c2c1cc1c(Br)c3c(cc1c2-c1ccc2c(c1)OCO2)OCO3. The number of hydrogen-bond donors (Lipinski definition) is 0. The van der Waals surface area contributed by atoms with Crippen LogP contribution in [0.5, 0.6) is 23.0 Å². The van der Waals surface area contributed by atoms with Gasteiger partial charge >= 0.3 is 11.9 Å². The monoisotopic (exact) mass is 440 g/mol. The van der Waals surface area contributed by atoms with Gasteiger partial charge in [0.2, 0.25) is 13.6 Å². The highest BCUT2D eigenvalue weighted by atomic mass is 79.9. The first-order valence-corrected chi connectivity index (χ1v) is 9.16. The van der Waals surface area contributed by atoms with Crippen LogP contribution in [-0.4, -0.2) is 25.5 Å². The maximum atomic E-state index is 12.5. The van der Waals surface area contributed by atoms with Crippen molar-refractivity contribution in [2.45, 2.75) is 0 Å². The number of fused-ring (bicyclic) bond motifs is 4. The second kappa shape index (κ2) is 5.39. The number of hydrogen-bond acceptors (Lipinski definition) is 7. The Morgan fingerprint density at radius 3 is 2.43 bits per heavy atom. The number of esters is 2. The molecule has 0 radical (unpaired) electrons. The first kappa shape index (κ1) is 15.8. The molecule has 0 spiro atoms. The van der Waals surface area contributed by atoms with Crippen LogP contribution < -0.4 is 18.9 Å². The molecule has 0 N–H and O–H groups in total. The van der Waals surface area contributed by atoms with Gasteiger partial charge in [-0.25, -0.2) is 9.59 Å². The van der Waals surface area contributed by atoms with E-state index in [4.69, 9.17) is 23.7 Å². The quantitative estimate of drug-likeness (QED) is 0.417. The molecule has 3 aliphatic rings. The van der Waals surface area contributed by atoms with Crippen LogP contribution in [0.4, 0.5) is 0 Å². The molecule has 3 aromatic carbocycles. The number of cyclic esters (lactones) is 2. The first-order chi connectivity index (χ1) is 13.6. The van der Waals surface area contributed by atoms with E-state index in [-0.39, 0.29) is 24.7 Å². The van der Waals surface area contributed by atoms with Gasteiger partial charge in [-0.05, 0) is 51.1 Å². The first-order valence-electron chi connectivity index (χ1n) is 8.37. The number of carbonyl (C=O) groups excluding carboxylic acids is 2. The van der Waals surface area contributed by atoms with E-state index in [1.54, 1.807) is 24.3 Å². The highest BCUT2D eigenvalue weighted by Gasteiger charge is 2.36. The van der Waals surface area contributed by atoms with Gasteiger partial charge in [0.1, 0.15) is 0 Å². The van der Waals surface area contributed by atoms with Crippen LogP contribution in [0.1, 0.15) is 20.7 Å². The minimum absolute atomic E-state index is 0.101. The number of halogens is 1. The fourth-order valence-electron chi connectivity index (χ4n) is 3.77. The summed E-state index contributed by atoms with van der Waals surface area (Å²) in [6, 6.07) is 8.81. The van der Waals surface area contributed by atoms with Gasteiger partial charge in [0.25, 0.3) is 0 Å². The van der Waals surface area contributed by atoms with Gasteiger partial charge in [0.05, 0.1) is 15.6 Å². The van der Waals surface area contributed by atoms with E-state index in [0.29, 0.717) is 44.0 Å². The van der Waals surface area contributed by atoms with E-state index in [2.05, 4.69) is 15.9 Å². The molecule has 6 rings (SSSR count). The molecule has 0 aromatic heterocycles. The summed E-state index contributed by atoms with van der Waals surface area (Å²) in [5.74, 6) is 0.955. The molecule has 3 aromatic rings. The van der Waals surface area contributed by atoms with Gasteiger partial charge in [-0.3, -0.25) is 0 Å². The molecule has 0 saturated carbocycles. The van der Waals surface area contributed by atoms with Gasteiger partial charge in [-0.15, -0.1) is 0 Å². The molecule has 0 unspecified atom stereocenters. The lowest BCUT2D eigenvalue weighted by Gasteiger charge is -2.13. The maximum absolute atomic E-state index is 12.5. The molecule has 0 saturated heterocycles. The van der Waals surface area contributed by atoms with Gasteiger partial charge < -0.3 is 23.7 Å². The lowest BCUT2D eigenvalue weighted by molar-refractivity contribution is 0.0444. The fourth-order valence-corrected chi connectivity index (χ4v) is 4.40. The number of benzene rings is 3. The number of rotatable bonds is 1. The minimum Gasteiger partial charge on any atom is -0.454 e. The largest absolute Gasteiger partial charge is 0.454 e. The normalized spacial score (nSPS) is 15.9. The molecule has 8 heteroatoms. The van der Waals surface area contributed by atoms with Gasteiger partial charge in [-0.1, -0.05) is 6.07 Å². The van der Waals surface area contributed by atoms with Crippen molar-refractivity contribution < 1.29 is 33.3 Å². The molecule has 138 valence electrons. The highest BCUT2D eigenvalue weighted by molar-refractivity contribution is 9.10. The van der Waals surface area contributed by atoms with Crippen molar-refractivity contribution in [1.29, 1.82) is 0 Å². The van der Waals surface area contributed by atoms with E-state index in [0.717, 1.165) is 5.39 Å². The third-order valence-corrected chi connectivity index (χ3v) is 5.78. The predicted octanol–water partition coefficient (Wildman–Crippen LogP) is 4.04. The van der Waals surface area contributed by atoms with E-state index in [1.165, 1.54) is 0 Å². The summed E-state index contributed by atoms with van der Waals surface area (Å²) in [6.45, 7) is 0.238. The third-order valence-electron chi connectivity index (χ3n) is 4.99. The molecule has 7 nitrogen and oxygen atoms in total. The van der Waals surface area contributed by atoms with Crippen molar-refractivity contribution in [1.82, 2.24) is 0 Å². The summed E-state index contributed by atoms with van der Waals surface area (Å²) in [5, 5.41) is 1.43. The lowest BCUT2D eigenvalue weighted by atomic mass is 9.90. The summed E-state index contributed by atoms with van der Waals surface area (Å²) in [7, 11) is 0. The lowest BCUT2D eigenvalue weighted by Crippen LogP contribution is -1.99. The summed E-state index contributed by atoms with van der Waals surface area (Å²) >= 11 is 3.55. The van der Waals surface area contributed by atoms with Crippen molar-refractivity contribution in [2.75, 3.05) is 13.6 Å². The molecular weight excluding hydrogens is 432 g/mol. The van der Waals surface area contributed by atoms with Crippen LogP contribution >= 0.6 is 15.9 Å². The second-order valence-electron chi connectivity index (χ2n) is 6.44. The van der Waals surface area contributed by atoms with Crippen LogP contribution in [0.15, 0.2) is 34.8 Å². The molecule has 0 amide bonds. The standard InChI is InChI=1S/C20H9BrO7/c21-17-10-4-11-16(20(23)28-19(11)22)15(9(10)5-14-18(17)27-7-26-14)8-1-2-12-13(3-8)25-6-24-12/h1-5H,6-7H2. The Kier molecular flexibility index (Phi) is 3.03. The van der Waals surface area contributed by atoms with E-state index in [9.17, 15) is 9.59 Å². The molecule has 0 atom stereocenters. The van der Waals surface area contributed by atoms with Crippen LogP contribution in [0.25, 0.3) is 21.9 Å². The Balaban J connectivity index is 1.75. The van der Waals surface area contributed by atoms with Crippen molar-refractivity contribution in [3.8, 4) is 34.1 Å². The molecule has 3 aliphatic heterocycles. The van der Waals surface area contributed by atoms with E-state index in [1.807, 2.05) is 6.07 Å². The topological polar surface area (TPSA) is 80.3 Å². The Morgan fingerprint density at radius 1 is 0.750 bits per heavy atom. The van der Waals surface area contributed by atoms with Crippen LogP contribution in [0, 0.1) is 0 Å².